The van der Waals surface area contributed by atoms with Gasteiger partial charge in [0.2, 0.25) is 0 Å². The fraction of sp³-hybridized carbons (Fsp3) is 0.250. The fourth-order valence-electron chi connectivity index (χ4n) is 1.81. The first-order valence-corrected chi connectivity index (χ1v) is 6.64. The van der Waals surface area contributed by atoms with E-state index >= 15 is 0 Å². The van der Waals surface area contributed by atoms with Crippen LogP contribution in [-0.4, -0.2) is 24.4 Å². The van der Waals surface area contributed by atoms with E-state index in [-0.39, 0.29) is 18.8 Å². The minimum atomic E-state index is -0.949. The molecule has 0 saturated carbocycles. The van der Waals surface area contributed by atoms with Crippen molar-refractivity contribution in [3.63, 3.8) is 0 Å². The maximum atomic E-state index is 13.4. The van der Waals surface area contributed by atoms with Crippen LogP contribution in [0.5, 0.6) is 0 Å². The molecule has 2 N–H and O–H groups in total. The molecule has 0 aliphatic rings. The Bertz CT molecular complexity index is 563. The lowest BCUT2D eigenvalue weighted by Crippen LogP contribution is -2.25. The third kappa shape index (κ3) is 4.81. The van der Waals surface area contributed by atoms with Crippen LogP contribution in [0.4, 0.5) is 14.5 Å². The van der Waals surface area contributed by atoms with Gasteiger partial charge in [0.15, 0.2) is 11.6 Å². The van der Waals surface area contributed by atoms with Crippen molar-refractivity contribution in [1.82, 2.24) is 0 Å². The van der Waals surface area contributed by atoms with Crippen LogP contribution < -0.4 is 5.32 Å². The summed E-state index contributed by atoms with van der Waals surface area (Å²) in [6, 6.07) is 13.4. The molecule has 0 aliphatic heterocycles. The molecule has 2 aromatic carbocycles. The van der Waals surface area contributed by atoms with E-state index in [0.717, 1.165) is 11.6 Å². The second-order valence-corrected chi connectivity index (χ2v) is 4.64. The van der Waals surface area contributed by atoms with Gasteiger partial charge in [-0.3, -0.25) is 0 Å². The fourth-order valence-corrected chi connectivity index (χ4v) is 1.81. The van der Waals surface area contributed by atoms with Gasteiger partial charge >= 0.3 is 0 Å². The molecule has 0 heterocycles. The van der Waals surface area contributed by atoms with E-state index in [4.69, 9.17) is 4.74 Å². The Balaban J connectivity index is 1.72. The van der Waals surface area contributed by atoms with Gasteiger partial charge in [-0.25, -0.2) is 8.78 Å². The summed E-state index contributed by atoms with van der Waals surface area (Å²) in [5.41, 5.74) is 1.03. The predicted molar refractivity (Wildman–Crippen MR) is 77.0 cm³/mol. The third-order valence-corrected chi connectivity index (χ3v) is 2.90. The molecule has 0 spiro atoms. The van der Waals surface area contributed by atoms with Crippen LogP contribution in [0.15, 0.2) is 48.5 Å². The summed E-state index contributed by atoms with van der Waals surface area (Å²) in [6.07, 6.45) is -0.809. The summed E-state index contributed by atoms with van der Waals surface area (Å²) in [7, 11) is 0. The highest BCUT2D eigenvalue weighted by molar-refractivity contribution is 5.44. The summed E-state index contributed by atoms with van der Waals surface area (Å²) < 4.78 is 31.7. The lowest BCUT2D eigenvalue weighted by Gasteiger charge is -2.14. The summed E-state index contributed by atoms with van der Waals surface area (Å²) in [6.45, 7) is 0.584. The third-order valence-electron chi connectivity index (χ3n) is 2.90. The van der Waals surface area contributed by atoms with Gasteiger partial charge in [-0.2, -0.15) is 0 Å². The average Bonchev–Trinajstić information content (AvgIpc) is 2.50. The highest BCUT2D eigenvalue weighted by Gasteiger charge is 2.09. The first-order chi connectivity index (χ1) is 10.2. The van der Waals surface area contributed by atoms with E-state index in [2.05, 4.69) is 5.32 Å². The summed E-state index contributed by atoms with van der Waals surface area (Å²) in [5.74, 6) is -1.87. The van der Waals surface area contributed by atoms with E-state index in [0.29, 0.717) is 6.61 Å². The summed E-state index contributed by atoms with van der Waals surface area (Å²) in [5, 5.41) is 12.4. The Morgan fingerprint density at radius 2 is 1.81 bits per heavy atom. The molecule has 2 aromatic rings. The number of benzene rings is 2. The Morgan fingerprint density at radius 1 is 1.05 bits per heavy atom. The van der Waals surface area contributed by atoms with E-state index < -0.39 is 17.7 Å². The van der Waals surface area contributed by atoms with Crippen LogP contribution in [0.3, 0.4) is 0 Å². The number of hydrogen-bond donors (Lipinski definition) is 2. The van der Waals surface area contributed by atoms with Crippen molar-refractivity contribution in [3.8, 4) is 0 Å². The van der Waals surface area contributed by atoms with Crippen molar-refractivity contribution in [3.05, 3.63) is 65.7 Å². The topological polar surface area (TPSA) is 41.5 Å². The van der Waals surface area contributed by atoms with Crippen LogP contribution in [0.1, 0.15) is 5.56 Å². The van der Waals surface area contributed by atoms with Gasteiger partial charge in [-0.15, -0.1) is 0 Å². The van der Waals surface area contributed by atoms with Gasteiger partial charge in [-0.1, -0.05) is 36.4 Å². The van der Waals surface area contributed by atoms with Gasteiger partial charge in [0.25, 0.3) is 0 Å². The number of hydrogen-bond acceptors (Lipinski definition) is 3. The molecule has 0 radical (unpaired) electrons. The van der Waals surface area contributed by atoms with Crippen molar-refractivity contribution in [2.75, 3.05) is 18.5 Å². The van der Waals surface area contributed by atoms with Gasteiger partial charge < -0.3 is 15.2 Å². The number of ether oxygens (including phenoxy) is 1. The smallest absolute Gasteiger partial charge is 0.181 e. The van der Waals surface area contributed by atoms with Crippen LogP contribution >= 0.6 is 0 Å². The Labute approximate surface area is 122 Å². The van der Waals surface area contributed by atoms with E-state index in [1.165, 1.54) is 12.1 Å². The molecule has 5 heteroatoms. The maximum absolute atomic E-state index is 13.4. The van der Waals surface area contributed by atoms with Crippen molar-refractivity contribution in [1.29, 1.82) is 0 Å². The van der Waals surface area contributed by atoms with Crippen molar-refractivity contribution >= 4 is 5.69 Å². The molecule has 0 saturated heterocycles. The molecule has 112 valence electrons. The molecule has 0 bridgehead atoms. The zero-order chi connectivity index (χ0) is 15.1. The molecule has 3 nitrogen and oxygen atoms in total. The van der Waals surface area contributed by atoms with E-state index in [1.807, 2.05) is 30.3 Å². The lowest BCUT2D eigenvalue weighted by atomic mass is 10.2. The van der Waals surface area contributed by atoms with Gasteiger partial charge in [0, 0.05) is 6.54 Å². The number of anilines is 1. The Morgan fingerprint density at radius 3 is 2.57 bits per heavy atom. The Hall–Kier alpha value is -1.98. The summed E-state index contributed by atoms with van der Waals surface area (Å²) in [4.78, 5) is 0. The molecule has 2 rings (SSSR count). The second kappa shape index (κ2) is 7.71. The first kappa shape index (κ1) is 15.4. The van der Waals surface area contributed by atoms with Crippen LogP contribution in [0.2, 0.25) is 0 Å². The lowest BCUT2D eigenvalue weighted by molar-refractivity contribution is 0.0348. The SMILES string of the molecule is OC(CNc1cccc(F)c1F)COCc1ccccc1. The number of rotatable bonds is 7. The van der Waals surface area contributed by atoms with E-state index in [1.54, 1.807) is 0 Å². The molecule has 0 fully saturated rings. The zero-order valence-electron chi connectivity index (χ0n) is 11.4. The first-order valence-electron chi connectivity index (χ1n) is 6.64. The highest BCUT2D eigenvalue weighted by Crippen LogP contribution is 2.16. The van der Waals surface area contributed by atoms with Crippen LogP contribution in [0.25, 0.3) is 0 Å². The molecule has 1 atom stereocenters. The van der Waals surface area contributed by atoms with Crippen LogP contribution in [-0.2, 0) is 11.3 Å². The van der Waals surface area contributed by atoms with Gasteiger partial charge in [-0.05, 0) is 17.7 Å². The molecule has 0 aliphatic carbocycles. The minimum absolute atomic E-state index is 0.0251. The van der Waals surface area contributed by atoms with E-state index in [9.17, 15) is 13.9 Å². The molecule has 0 aromatic heterocycles. The number of halogens is 2. The van der Waals surface area contributed by atoms with Gasteiger partial charge in [0.05, 0.1) is 25.0 Å². The molecular weight excluding hydrogens is 276 g/mol. The molecule has 1 unspecified atom stereocenters. The number of aliphatic hydroxyl groups is 1. The quantitative estimate of drug-likeness (QED) is 0.824. The molecule has 21 heavy (non-hydrogen) atoms. The number of aliphatic hydroxyl groups excluding tert-OH is 1. The molecular formula is C16H17F2NO2. The van der Waals surface area contributed by atoms with Crippen molar-refractivity contribution < 1.29 is 18.6 Å². The predicted octanol–water partition coefficient (Wildman–Crippen LogP) is 2.95. The summed E-state index contributed by atoms with van der Waals surface area (Å²) >= 11 is 0. The minimum Gasteiger partial charge on any atom is -0.389 e. The largest absolute Gasteiger partial charge is 0.389 e. The second-order valence-electron chi connectivity index (χ2n) is 4.64. The van der Waals surface area contributed by atoms with Crippen molar-refractivity contribution in [2.24, 2.45) is 0 Å². The van der Waals surface area contributed by atoms with Crippen LogP contribution in [0, 0.1) is 11.6 Å². The normalized spacial score (nSPS) is 12.1. The highest BCUT2D eigenvalue weighted by atomic mass is 19.2. The number of nitrogens with one attached hydrogen (secondary N) is 1. The van der Waals surface area contributed by atoms with Gasteiger partial charge in [0.1, 0.15) is 0 Å². The standard InChI is InChI=1S/C16H17F2NO2/c17-14-7-4-8-15(16(14)18)19-9-13(20)11-21-10-12-5-2-1-3-6-12/h1-8,13,19-20H,9-11H2. The Kier molecular flexibility index (Phi) is 5.66. The molecule has 0 amide bonds. The average molecular weight is 293 g/mol. The van der Waals surface area contributed by atoms with Crippen molar-refractivity contribution in [2.45, 2.75) is 12.7 Å². The maximum Gasteiger partial charge on any atom is 0.181 e. The zero-order valence-corrected chi connectivity index (χ0v) is 11.4. The monoisotopic (exact) mass is 293 g/mol.